The highest BCUT2D eigenvalue weighted by atomic mass is 16.2. The highest BCUT2D eigenvalue weighted by Crippen LogP contribution is 2.26. The lowest BCUT2D eigenvalue weighted by atomic mass is 9.88. The number of carbonyl (C=O) groups excluding carboxylic acids is 1. The topological polar surface area (TPSA) is 20.3 Å². The zero-order chi connectivity index (χ0) is 14.8. The van der Waals surface area contributed by atoms with Gasteiger partial charge >= 0.3 is 0 Å². The van der Waals surface area contributed by atoms with Crippen LogP contribution in [0.5, 0.6) is 0 Å². The first-order valence-corrected chi connectivity index (χ1v) is 7.07. The van der Waals surface area contributed by atoms with Gasteiger partial charge in [-0.05, 0) is 39.0 Å². The lowest BCUT2D eigenvalue weighted by Crippen LogP contribution is -2.50. The zero-order valence-electron chi connectivity index (χ0n) is 14.0. The Kier molecular flexibility index (Phi) is 5.46. The first-order chi connectivity index (χ1) is 7.75. The SMILES string of the molecule is CC(C)(C)CCCN(C(=O)C(C)(C)C)C(C)(C)C. The van der Waals surface area contributed by atoms with Crippen molar-refractivity contribution in [3.63, 3.8) is 0 Å². The Morgan fingerprint density at radius 2 is 1.33 bits per heavy atom. The molecule has 0 N–H and O–H groups in total. The molecule has 2 nitrogen and oxygen atoms in total. The molecule has 2 heteroatoms. The van der Waals surface area contributed by atoms with Crippen LogP contribution in [0.3, 0.4) is 0 Å². The minimum Gasteiger partial charge on any atom is -0.337 e. The van der Waals surface area contributed by atoms with Crippen molar-refractivity contribution in [2.75, 3.05) is 6.54 Å². The van der Waals surface area contributed by atoms with E-state index < -0.39 is 0 Å². The number of hydrogen-bond acceptors (Lipinski definition) is 1. The molecule has 0 spiro atoms. The Bertz CT molecular complexity index is 273. The van der Waals surface area contributed by atoms with E-state index >= 15 is 0 Å². The molecule has 0 atom stereocenters. The molecule has 1 amide bonds. The molecule has 0 saturated heterocycles. The van der Waals surface area contributed by atoms with Gasteiger partial charge in [0, 0.05) is 17.5 Å². The fourth-order valence-corrected chi connectivity index (χ4v) is 1.91. The van der Waals surface area contributed by atoms with Gasteiger partial charge in [-0.15, -0.1) is 0 Å². The van der Waals surface area contributed by atoms with Crippen LogP contribution in [-0.2, 0) is 4.79 Å². The maximum Gasteiger partial charge on any atom is 0.228 e. The van der Waals surface area contributed by atoms with Crippen molar-refractivity contribution in [1.82, 2.24) is 4.90 Å². The normalized spacial score (nSPS) is 13.6. The average Bonchev–Trinajstić information content (AvgIpc) is 2.05. The van der Waals surface area contributed by atoms with Gasteiger partial charge in [0.2, 0.25) is 5.91 Å². The summed E-state index contributed by atoms with van der Waals surface area (Å²) >= 11 is 0. The van der Waals surface area contributed by atoms with Crippen molar-refractivity contribution in [1.29, 1.82) is 0 Å². The average molecular weight is 255 g/mol. The van der Waals surface area contributed by atoms with E-state index in [9.17, 15) is 4.79 Å². The molecule has 0 fully saturated rings. The van der Waals surface area contributed by atoms with Crippen molar-refractivity contribution >= 4 is 5.91 Å². The molecule has 18 heavy (non-hydrogen) atoms. The minimum absolute atomic E-state index is 0.0950. The van der Waals surface area contributed by atoms with Crippen LogP contribution in [0.1, 0.15) is 75.2 Å². The van der Waals surface area contributed by atoms with E-state index in [0.717, 1.165) is 19.4 Å². The Hall–Kier alpha value is -0.530. The monoisotopic (exact) mass is 255 g/mol. The van der Waals surface area contributed by atoms with Crippen LogP contribution in [0.25, 0.3) is 0 Å². The maximum absolute atomic E-state index is 12.5. The first-order valence-electron chi connectivity index (χ1n) is 7.07. The van der Waals surface area contributed by atoms with Gasteiger partial charge in [-0.2, -0.15) is 0 Å². The van der Waals surface area contributed by atoms with E-state index in [1.807, 2.05) is 25.7 Å². The standard InChI is InChI=1S/C16H33NO/c1-14(2,3)11-10-12-17(16(7,8)9)13(18)15(4,5)6/h10-12H2,1-9H3. The van der Waals surface area contributed by atoms with E-state index in [1.165, 1.54) is 0 Å². The summed E-state index contributed by atoms with van der Waals surface area (Å²) in [5, 5.41) is 0. The second-order valence-electron chi connectivity index (χ2n) is 8.54. The number of hydrogen-bond donors (Lipinski definition) is 0. The Morgan fingerprint density at radius 1 is 0.889 bits per heavy atom. The largest absolute Gasteiger partial charge is 0.337 e. The fourth-order valence-electron chi connectivity index (χ4n) is 1.91. The maximum atomic E-state index is 12.5. The number of carbonyl (C=O) groups is 1. The zero-order valence-corrected chi connectivity index (χ0v) is 14.0. The fraction of sp³-hybridized carbons (Fsp3) is 0.938. The Balaban J connectivity index is 4.69. The van der Waals surface area contributed by atoms with Gasteiger partial charge in [-0.1, -0.05) is 41.5 Å². The molecule has 0 aliphatic carbocycles. The number of amides is 1. The Morgan fingerprint density at radius 3 is 1.61 bits per heavy atom. The summed E-state index contributed by atoms with van der Waals surface area (Å²) in [6.07, 6.45) is 2.22. The molecular formula is C16H33NO. The third-order valence-corrected chi connectivity index (χ3v) is 3.00. The molecule has 0 saturated carbocycles. The molecule has 108 valence electrons. The smallest absolute Gasteiger partial charge is 0.228 e. The van der Waals surface area contributed by atoms with Crippen molar-refractivity contribution in [3.8, 4) is 0 Å². The van der Waals surface area contributed by atoms with Crippen molar-refractivity contribution in [2.24, 2.45) is 10.8 Å². The first kappa shape index (κ1) is 17.5. The number of nitrogens with zero attached hydrogens (tertiary/aromatic N) is 1. The summed E-state index contributed by atoms with van der Waals surface area (Å²) in [5.74, 6) is 0.254. The van der Waals surface area contributed by atoms with E-state index in [0.29, 0.717) is 5.41 Å². The van der Waals surface area contributed by atoms with Crippen molar-refractivity contribution < 1.29 is 4.79 Å². The minimum atomic E-state index is -0.297. The molecule has 0 unspecified atom stereocenters. The van der Waals surface area contributed by atoms with Gasteiger partial charge in [0.1, 0.15) is 0 Å². The van der Waals surface area contributed by atoms with Crippen LogP contribution in [-0.4, -0.2) is 22.9 Å². The Labute approximate surface area is 114 Å². The van der Waals surface area contributed by atoms with Crippen LogP contribution in [0.2, 0.25) is 0 Å². The highest BCUT2D eigenvalue weighted by molar-refractivity contribution is 5.82. The molecule has 0 bridgehead atoms. The van der Waals surface area contributed by atoms with Gasteiger partial charge in [0.25, 0.3) is 0 Å². The molecule has 0 aliphatic rings. The molecule has 0 aromatic heterocycles. The van der Waals surface area contributed by atoms with Crippen LogP contribution >= 0.6 is 0 Å². The van der Waals surface area contributed by atoms with Crippen molar-refractivity contribution in [3.05, 3.63) is 0 Å². The van der Waals surface area contributed by atoms with Gasteiger partial charge in [-0.25, -0.2) is 0 Å². The van der Waals surface area contributed by atoms with E-state index in [2.05, 4.69) is 41.5 Å². The van der Waals surface area contributed by atoms with E-state index in [1.54, 1.807) is 0 Å². The quantitative estimate of drug-likeness (QED) is 0.728. The van der Waals surface area contributed by atoms with Gasteiger partial charge < -0.3 is 4.90 Å². The summed E-state index contributed by atoms with van der Waals surface area (Å²) < 4.78 is 0. The van der Waals surface area contributed by atoms with E-state index in [4.69, 9.17) is 0 Å². The molecule has 0 aromatic carbocycles. The molecule has 0 radical (unpaired) electrons. The predicted molar refractivity (Wildman–Crippen MR) is 79.6 cm³/mol. The summed E-state index contributed by atoms with van der Waals surface area (Å²) in [6.45, 7) is 20.0. The lowest BCUT2D eigenvalue weighted by Gasteiger charge is -2.40. The van der Waals surface area contributed by atoms with Gasteiger partial charge in [-0.3, -0.25) is 4.79 Å². The molecule has 0 aromatic rings. The molecular weight excluding hydrogens is 222 g/mol. The van der Waals surface area contributed by atoms with Crippen LogP contribution in [0, 0.1) is 10.8 Å². The summed E-state index contributed by atoms with van der Waals surface area (Å²) in [7, 11) is 0. The predicted octanol–water partition coefficient (Wildman–Crippen LogP) is 4.49. The van der Waals surface area contributed by atoms with E-state index in [-0.39, 0.29) is 16.9 Å². The van der Waals surface area contributed by atoms with Crippen LogP contribution in [0.4, 0.5) is 0 Å². The van der Waals surface area contributed by atoms with Gasteiger partial charge in [0.15, 0.2) is 0 Å². The van der Waals surface area contributed by atoms with Gasteiger partial charge in [0.05, 0.1) is 0 Å². The summed E-state index contributed by atoms with van der Waals surface area (Å²) in [6, 6.07) is 0. The molecule has 0 aliphatic heterocycles. The second-order valence-corrected chi connectivity index (χ2v) is 8.54. The third-order valence-electron chi connectivity index (χ3n) is 3.00. The van der Waals surface area contributed by atoms with Crippen LogP contribution < -0.4 is 0 Å². The third kappa shape index (κ3) is 6.42. The van der Waals surface area contributed by atoms with Crippen LogP contribution in [0.15, 0.2) is 0 Å². The highest BCUT2D eigenvalue weighted by Gasteiger charge is 2.33. The summed E-state index contributed by atoms with van der Waals surface area (Å²) in [5.41, 5.74) is -0.0500. The lowest BCUT2D eigenvalue weighted by molar-refractivity contribution is -0.144. The van der Waals surface area contributed by atoms with Crippen molar-refractivity contribution in [2.45, 2.75) is 80.7 Å². The second kappa shape index (κ2) is 5.63. The molecule has 0 heterocycles. The summed E-state index contributed by atoms with van der Waals surface area (Å²) in [4.78, 5) is 14.5. The molecule has 0 rings (SSSR count). The number of rotatable bonds is 3.